The van der Waals surface area contributed by atoms with Gasteiger partial charge in [0.1, 0.15) is 0 Å². The molecule has 1 fully saturated rings. The fourth-order valence-electron chi connectivity index (χ4n) is 2.73. The molecule has 0 radical (unpaired) electrons. The van der Waals surface area contributed by atoms with Gasteiger partial charge >= 0.3 is 11.9 Å². The molecule has 1 aliphatic rings. The van der Waals surface area contributed by atoms with E-state index in [-0.39, 0.29) is 24.0 Å². The van der Waals surface area contributed by atoms with Crippen LogP contribution in [0.4, 0.5) is 0 Å². The summed E-state index contributed by atoms with van der Waals surface area (Å²) < 4.78 is 16.4. The van der Waals surface area contributed by atoms with Gasteiger partial charge in [-0.2, -0.15) is 0 Å². The van der Waals surface area contributed by atoms with Crippen LogP contribution >= 0.6 is 0 Å². The van der Waals surface area contributed by atoms with E-state index in [4.69, 9.17) is 14.2 Å². The van der Waals surface area contributed by atoms with Crippen molar-refractivity contribution in [3.05, 3.63) is 48.0 Å². The van der Waals surface area contributed by atoms with Crippen LogP contribution in [0.1, 0.15) is 30.6 Å². The van der Waals surface area contributed by atoms with E-state index in [0.717, 1.165) is 5.57 Å². The number of aliphatic carboxylic acids is 1. The van der Waals surface area contributed by atoms with E-state index < -0.39 is 23.8 Å². The van der Waals surface area contributed by atoms with Gasteiger partial charge in [0.15, 0.2) is 0 Å². The molecule has 0 saturated carbocycles. The fraction of sp³-hybridized carbons (Fsp3) is 0.444. The third kappa shape index (κ3) is 3.49. The summed E-state index contributed by atoms with van der Waals surface area (Å²) in [7, 11) is 1.34. The summed E-state index contributed by atoms with van der Waals surface area (Å²) in [5.74, 6) is -3.64. The molecule has 0 spiro atoms. The predicted molar refractivity (Wildman–Crippen MR) is 86.5 cm³/mol. The summed E-state index contributed by atoms with van der Waals surface area (Å²) in [6.07, 6.45) is -1.79. The van der Waals surface area contributed by atoms with Crippen molar-refractivity contribution in [2.24, 2.45) is 5.92 Å². The number of ether oxygens (including phenoxy) is 3. The van der Waals surface area contributed by atoms with Crippen LogP contribution < -0.4 is 0 Å². The molecule has 1 aromatic carbocycles. The van der Waals surface area contributed by atoms with Crippen molar-refractivity contribution in [3.8, 4) is 0 Å². The van der Waals surface area contributed by atoms with Crippen LogP contribution in [0.2, 0.25) is 0 Å². The molecule has 0 aromatic heterocycles. The van der Waals surface area contributed by atoms with Crippen LogP contribution in [0.15, 0.2) is 42.5 Å². The molecule has 0 bridgehead atoms. The standard InChI is InChI=1S/C18H22O6/c1-11-10-18(22-4,24-13(3)12(11)2)15(16(19)20)23-17(21)14-8-6-5-7-9-14/h5-9,12-13,15H,1,10H2,2-4H3,(H,19,20)/t12-,13-,15-,18-/m0/s1. The fourth-order valence-corrected chi connectivity index (χ4v) is 2.73. The second-order valence-electron chi connectivity index (χ2n) is 5.95. The maximum Gasteiger partial charge on any atom is 0.350 e. The average molecular weight is 334 g/mol. The minimum Gasteiger partial charge on any atom is -0.478 e. The zero-order valence-corrected chi connectivity index (χ0v) is 14.0. The van der Waals surface area contributed by atoms with Crippen LogP contribution in [0.25, 0.3) is 0 Å². The molecule has 6 heteroatoms. The van der Waals surface area contributed by atoms with E-state index >= 15 is 0 Å². The first-order chi connectivity index (χ1) is 11.3. The summed E-state index contributed by atoms with van der Waals surface area (Å²) >= 11 is 0. The number of hydrogen-bond acceptors (Lipinski definition) is 5. The van der Waals surface area contributed by atoms with Crippen molar-refractivity contribution in [2.75, 3.05) is 7.11 Å². The molecule has 0 unspecified atom stereocenters. The molecule has 6 nitrogen and oxygen atoms in total. The molecule has 1 N–H and O–H groups in total. The molecule has 2 rings (SSSR count). The highest BCUT2D eigenvalue weighted by Gasteiger charge is 2.52. The third-order valence-corrected chi connectivity index (χ3v) is 4.41. The monoisotopic (exact) mass is 334 g/mol. The number of methoxy groups -OCH3 is 1. The number of esters is 1. The molecular weight excluding hydrogens is 312 g/mol. The second-order valence-corrected chi connectivity index (χ2v) is 5.95. The molecule has 0 aliphatic carbocycles. The average Bonchev–Trinajstić information content (AvgIpc) is 2.57. The van der Waals surface area contributed by atoms with Gasteiger partial charge in [-0.05, 0) is 19.1 Å². The van der Waals surface area contributed by atoms with Gasteiger partial charge in [-0.15, -0.1) is 0 Å². The minimum absolute atomic E-state index is 0.0487. The van der Waals surface area contributed by atoms with Gasteiger partial charge in [-0.1, -0.05) is 37.3 Å². The van der Waals surface area contributed by atoms with E-state index in [0.29, 0.717) is 0 Å². The van der Waals surface area contributed by atoms with E-state index in [1.165, 1.54) is 7.11 Å². The first kappa shape index (κ1) is 18.2. The lowest BCUT2D eigenvalue weighted by Gasteiger charge is -2.45. The lowest BCUT2D eigenvalue weighted by molar-refractivity contribution is -0.299. The summed E-state index contributed by atoms with van der Waals surface area (Å²) in [4.78, 5) is 24.0. The second kappa shape index (κ2) is 7.15. The Hall–Kier alpha value is -2.18. The first-order valence-corrected chi connectivity index (χ1v) is 7.70. The Morgan fingerprint density at radius 3 is 2.46 bits per heavy atom. The lowest BCUT2D eigenvalue weighted by atomic mass is 9.85. The van der Waals surface area contributed by atoms with Crippen LogP contribution in [-0.4, -0.2) is 42.1 Å². The van der Waals surface area contributed by atoms with Crippen LogP contribution in [0, 0.1) is 5.92 Å². The van der Waals surface area contributed by atoms with Gasteiger partial charge in [0.05, 0.1) is 11.7 Å². The van der Waals surface area contributed by atoms with Gasteiger partial charge < -0.3 is 19.3 Å². The SMILES string of the molecule is C=C1C[C@@](OC)([C@@H](OC(=O)c2ccccc2)C(=O)O)O[C@@H](C)[C@H]1C. The number of hydrogen-bond donors (Lipinski definition) is 1. The lowest BCUT2D eigenvalue weighted by Crippen LogP contribution is -2.57. The number of carbonyl (C=O) groups is 2. The predicted octanol–water partition coefficient (Wildman–Crippen LogP) is 2.64. The van der Waals surface area contributed by atoms with Crippen molar-refractivity contribution < 1.29 is 28.9 Å². The summed E-state index contributed by atoms with van der Waals surface area (Å²) in [6.45, 7) is 7.72. The Morgan fingerprint density at radius 1 is 1.33 bits per heavy atom. The van der Waals surface area contributed by atoms with Crippen LogP contribution in [-0.2, 0) is 19.0 Å². The van der Waals surface area contributed by atoms with E-state index in [1.54, 1.807) is 37.3 Å². The van der Waals surface area contributed by atoms with Gasteiger partial charge in [-0.25, -0.2) is 9.59 Å². The summed E-state index contributed by atoms with van der Waals surface area (Å²) in [6, 6.07) is 8.18. The first-order valence-electron chi connectivity index (χ1n) is 7.70. The van der Waals surface area contributed by atoms with E-state index in [9.17, 15) is 14.7 Å². The zero-order chi connectivity index (χ0) is 17.9. The summed E-state index contributed by atoms with van der Waals surface area (Å²) in [5.41, 5.74) is 1.05. The molecule has 1 saturated heterocycles. The van der Waals surface area contributed by atoms with E-state index in [1.807, 2.05) is 6.92 Å². The number of carbonyl (C=O) groups excluding carboxylic acids is 1. The maximum absolute atomic E-state index is 12.3. The number of rotatable bonds is 5. The Labute approximate surface area is 141 Å². The molecule has 0 amide bonds. The zero-order valence-electron chi connectivity index (χ0n) is 14.0. The van der Waals surface area contributed by atoms with E-state index in [2.05, 4.69) is 6.58 Å². The summed E-state index contributed by atoms with van der Waals surface area (Å²) in [5, 5.41) is 9.59. The molecule has 1 aliphatic heterocycles. The molecule has 130 valence electrons. The highest BCUT2D eigenvalue weighted by molar-refractivity contribution is 5.91. The molecule has 4 atom stereocenters. The Kier molecular flexibility index (Phi) is 5.41. The topological polar surface area (TPSA) is 82.1 Å². The number of carboxylic acid groups (broad SMARTS) is 1. The smallest absolute Gasteiger partial charge is 0.350 e. The number of carboxylic acids is 1. The molecule has 1 heterocycles. The Morgan fingerprint density at radius 2 is 1.96 bits per heavy atom. The Balaban J connectivity index is 2.29. The van der Waals surface area contributed by atoms with Gasteiger partial charge in [0.2, 0.25) is 5.79 Å². The van der Waals surface area contributed by atoms with Crippen molar-refractivity contribution >= 4 is 11.9 Å². The van der Waals surface area contributed by atoms with Gasteiger partial charge in [0.25, 0.3) is 6.10 Å². The van der Waals surface area contributed by atoms with Crippen molar-refractivity contribution in [2.45, 2.75) is 38.3 Å². The highest BCUT2D eigenvalue weighted by Crippen LogP contribution is 2.39. The third-order valence-electron chi connectivity index (χ3n) is 4.41. The van der Waals surface area contributed by atoms with Crippen molar-refractivity contribution in [1.29, 1.82) is 0 Å². The molecular formula is C18H22O6. The number of benzene rings is 1. The van der Waals surface area contributed by atoms with Crippen LogP contribution in [0.3, 0.4) is 0 Å². The molecule has 1 aromatic rings. The van der Waals surface area contributed by atoms with Crippen molar-refractivity contribution in [1.82, 2.24) is 0 Å². The van der Waals surface area contributed by atoms with Gasteiger partial charge in [-0.3, -0.25) is 0 Å². The largest absolute Gasteiger partial charge is 0.478 e. The minimum atomic E-state index is -1.61. The highest BCUT2D eigenvalue weighted by atomic mass is 16.7. The van der Waals surface area contributed by atoms with Crippen molar-refractivity contribution in [3.63, 3.8) is 0 Å². The maximum atomic E-state index is 12.3. The Bertz CT molecular complexity index is 626. The molecule has 24 heavy (non-hydrogen) atoms. The quantitative estimate of drug-likeness (QED) is 0.658. The van der Waals surface area contributed by atoms with Gasteiger partial charge in [0, 0.05) is 19.4 Å². The van der Waals surface area contributed by atoms with Crippen LogP contribution in [0.5, 0.6) is 0 Å². The normalized spacial score (nSPS) is 28.2.